The van der Waals surface area contributed by atoms with Crippen LogP contribution in [-0.4, -0.2) is 50.1 Å². The van der Waals surface area contributed by atoms with Crippen molar-refractivity contribution in [3.8, 4) is 0 Å². The first kappa shape index (κ1) is 20.0. The molecular weight excluding hydrogens is 268 g/mol. The van der Waals surface area contributed by atoms with Crippen molar-refractivity contribution in [3.63, 3.8) is 0 Å². The molecule has 0 radical (unpaired) electrons. The minimum atomic E-state index is 0.881. The topological polar surface area (TPSA) is 6.48 Å². The lowest BCUT2D eigenvalue weighted by atomic mass is 9.89. The van der Waals surface area contributed by atoms with Gasteiger partial charge in [0.05, 0.1) is 0 Å². The molecular formula is C20H42N2. The summed E-state index contributed by atoms with van der Waals surface area (Å²) in [5.41, 5.74) is 0. The van der Waals surface area contributed by atoms with Crippen molar-refractivity contribution < 1.29 is 0 Å². The van der Waals surface area contributed by atoms with Crippen LogP contribution in [0.15, 0.2) is 0 Å². The van der Waals surface area contributed by atoms with Gasteiger partial charge in [-0.25, -0.2) is 0 Å². The molecule has 2 heterocycles. The Morgan fingerprint density at radius 3 is 1.77 bits per heavy atom. The molecule has 1 unspecified atom stereocenters. The van der Waals surface area contributed by atoms with Crippen LogP contribution in [0, 0.1) is 23.7 Å². The van der Waals surface area contributed by atoms with E-state index in [1.165, 1.54) is 64.7 Å². The van der Waals surface area contributed by atoms with E-state index in [9.17, 15) is 0 Å². The molecule has 2 heteroatoms. The van der Waals surface area contributed by atoms with Gasteiger partial charge in [-0.15, -0.1) is 0 Å². The van der Waals surface area contributed by atoms with Crippen molar-refractivity contribution in [1.29, 1.82) is 0 Å². The van der Waals surface area contributed by atoms with E-state index in [1.54, 1.807) is 0 Å². The van der Waals surface area contributed by atoms with E-state index in [-0.39, 0.29) is 0 Å². The van der Waals surface area contributed by atoms with Crippen molar-refractivity contribution >= 4 is 0 Å². The van der Waals surface area contributed by atoms with E-state index in [1.807, 2.05) is 0 Å². The second-order valence-electron chi connectivity index (χ2n) is 8.78. The maximum absolute atomic E-state index is 2.47. The first-order chi connectivity index (χ1) is 10.4. The van der Waals surface area contributed by atoms with Gasteiger partial charge in [-0.3, -0.25) is 0 Å². The third-order valence-electron chi connectivity index (χ3n) is 5.17. The maximum atomic E-state index is 2.47. The molecule has 0 amide bonds. The van der Waals surface area contributed by atoms with Crippen LogP contribution in [0.25, 0.3) is 0 Å². The minimum absolute atomic E-state index is 0.881. The molecule has 0 aliphatic carbocycles. The highest BCUT2D eigenvalue weighted by Crippen LogP contribution is 2.23. The Labute approximate surface area is 140 Å². The monoisotopic (exact) mass is 310 g/mol. The van der Waals surface area contributed by atoms with E-state index >= 15 is 0 Å². The zero-order valence-electron chi connectivity index (χ0n) is 16.3. The number of hydrogen-bond donors (Lipinski definition) is 0. The lowest BCUT2D eigenvalue weighted by molar-refractivity contribution is 0.190. The van der Waals surface area contributed by atoms with Gasteiger partial charge in [0, 0.05) is 6.54 Å². The van der Waals surface area contributed by atoms with Crippen LogP contribution < -0.4 is 0 Å². The van der Waals surface area contributed by atoms with E-state index in [0.29, 0.717) is 0 Å². The average Bonchev–Trinajstić information content (AvgIpc) is 2.41. The van der Waals surface area contributed by atoms with E-state index in [2.05, 4.69) is 51.6 Å². The molecule has 0 aromatic rings. The largest absolute Gasteiger partial charge is 0.306 e. The van der Waals surface area contributed by atoms with Crippen LogP contribution in [0.5, 0.6) is 0 Å². The summed E-state index contributed by atoms with van der Waals surface area (Å²) in [5.74, 6) is 3.77. The highest BCUT2D eigenvalue weighted by molar-refractivity contribution is 4.71. The number of rotatable bonds is 4. The van der Waals surface area contributed by atoms with Gasteiger partial charge in [-0.1, -0.05) is 27.7 Å². The van der Waals surface area contributed by atoms with Crippen molar-refractivity contribution in [3.05, 3.63) is 0 Å². The van der Waals surface area contributed by atoms with Gasteiger partial charge in [0.1, 0.15) is 0 Å². The van der Waals surface area contributed by atoms with Gasteiger partial charge in [-0.05, 0) is 95.9 Å². The standard InChI is InChI=1S/2C10H21N/c1-9(2)8-10-4-6-11(3)7-5-10;1-9(2)7-10-5-4-6-11(3)8-10/h2*9-10H,4-8H2,1-3H3. The smallest absolute Gasteiger partial charge is 0.000671 e. The molecule has 0 saturated carbocycles. The number of piperidine rings is 2. The van der Waals surface area contributed by atoms with Crippen LogP contribution in [0.2, 0.25) is 0 Å². The summed E-state index contributed by atoms with van der Waals surface area (Å²) in [6.07, 6.45) is 8.58. The van der Waals surface area contributed by atoms with Gasteiger partial charge in [0.15, 0.2) is 0 Å². The van der Waals surface area contributed by atoms with E-state index in [4.69, 9.17) is 0 Å². The minimum Gasteiger partial charge on any atom is -0.306 e. The number of likely N-dealkylation sites (tertiary alicyclic amines) is 2. The fourth-order valence-corrected chi connectivity index (χ4v) is 4.10. The lowest BCUT2D eigenvalue weighted by Crippen LogP contribution is -2.32. The molecule has 2 aliphatic heterocycles. The molecule has 2 saturated heterocycles. The second kappa shape index (κ2) is 10.6. The number of hydrogen-bond acceptors (Lipinski definition) is 2. The Balaban J connectivity index is 0.000000220. The fourth-order valence-electron chi connectivity index (χ4n) is 4.10. The fraction of sp³-hybridized carbons (Fsp3) is 1.00. The van der Waals surface area contributed by atoms with Gasteiger partial charge in [0.25, 0.3) is 0 Å². The van der Waals surface area contributed by atoms with Crippen molar-refractivity contribution in [2.75, 3.05) is 40.3 Å². The van der Waals surface area contributed by atoms with E-state index in [0.717, 1.165) is 23.7 Å². The molecule has 2 nitrogen and oxygen atoms in total. The molecule has 2 aliphatic rings. The van der Waals surface area contributed by atoms with Crippen molar-refractivity contribution in [2.24, 2.45) is 23.7 Å². The molecule has 132 valence electrons. The summed E-state index contributed by atoms with van der Waals surface area (Å²) in [5, 5.41) is 0. The number of nitrogens with zero attached hydrogens (tertiary/aromatic N) is 2. The second-order valence-corrected chi connectivity index (χ2v) is 8.78. The van der Waals surface area contributed by atoms with Crippen LogP contribution in [0.4, 0.5) is 0 Å². The Hall–Kier alpha value is -0.0800. The Kier molecular flexibility index (Phi) is 9.66. The van der Waals surface area contributed by atoms with Crippen LogP contribution >= 0.6 is 0 Å². The lowest BCUT2D eigenvalue weighted by Gasteiger charge is -2.30. The molecule has 0 aromatic heterocycles. The SMILES string of the molecule is CC(C)CC1CCCN(C)C1.CC(C)CC1CCN(C)CC1. The van der Waals surface area contributed by atoms with Gasteiger partial charge >= 0.3 is 0 Å². The molecule has 2 fully saturated rings. The molecule has 0 bridgehead atoms. The Morgan fingerprint density at radius 2 is 1.27 bits per heavy atom. The highest BCUT2D eigenvalue weighted by Gasteiger charge is 2.18. The van der Waals surface area contributed by atoms with E-state index < -0.39 is 0 Å². The summed E-state index contributed by atoms with van der Waals surface area (Å²) in [6, 6.07) is 0. The summed E-state index contributed by atoms with van der Waals surface area (Å²) >= 11 is 0. The summed E-state index contributed by atoms with van der Waals surface area (Å²) in [4.78, 5) is 4.91. The van der Waals surface area contributed by atoms with Crippen LogP contribution in [0.1, 0.15) is 66.2 Å². The quantitative estimate of drug-likeness (QED) is 0.739. The predicted molar refractivity (Wildman–Crippen MR) is 99.4 cm³/mol. The summed E-state index contributed by atoms with van der Waals surface area (Å²) in [7, 11) is 4.47. The van der Waals surface area contributed by atoms with Crippen LogP contribution in [-0.2, 0) is 0 Å². The third kappa shape index (κ3) is 9.15. The summed E-state index contributed by atoms with van der Waals surface area (Å²) < 4.78 is 0. The molecule has 2 rings (SSSR count). The zero-order chi connectivity index (χ0) is 16.5. The Bertz CT molecular complexity index is 265. The molecule has 0 N–H and O–H groups in total. The van der Waals surface area contributed by atoms with Gasteiger partial charge in [0.2, 0.25) is 0 Å². The van der Waals surface area contributed by atoms with Crippen molar-refractivity contribution in [1.82, 2.24) is 9.80 Å². The summed E-state index contributed by atoms with van der Waals surface area (Å²) in [6.45, 7) is 14.6. The van der Waals surface area contributed by atoms with Crippen molar-refractivity contribution in [2.45, 2.75) is 66.2 Å². The first-order valence-corrected chi connectivity index (χ1v) is 9.73. The third-order valence-corrected chi connectivity index (χ3v) is 5.17. The maximum Gasteiger partial charge on any atom is 0.000671 e. The van der Waals surface area contributed by atoms with Crippen LogP contribution in [0.3, 0.4) is 0 Å². The highest BCUT2D eigenvalue weighted by atomic mass is 15.1. The zero-order valence-corrected chi connectivity index (χ0v) is 16.3. The normalized spacial score (nSPS) is 25.4. The predicted octanol–water partition coefficient (Wildman–Crippen LogP) is 4.75. The molecule has 1 atom stereocenters. The molecule has 22 heavy (non-hydrogen) atoms. The average molecular weight is 311 g/mol. The Morgan fingerprint density at radius 1 is 0.727 bits per heavy atom. The molecule has 0 spiro atoms. The van der Waals surface area contributed by atoms with Gasteiger partial charge < -0.3 is 9.80 Å². The van der Waals surface area contributed by atoms with Gasteiger partial charge in [-0.2, -0.15) is 0 Å². The first-order valence-electron chi connectivity index (χ1n) is 9.73. The molecule has 0 aromatic carbocycles.